The maximum Gasteiger partial charge on any atom is 0.511 e. The summed E-state index contributed by atoms with van der Waals surface area (Å²) in [4.78, 5) is 3.90. The molecule has 0 unspecified atom stereocenters. The average molecular weight is 190 g/mol. The molecule has 2 N–H and O–H groups in total. The number of aromatic nitrogens is 4. The van der Waals surface area contributed by atoms with Crippen LogP contribution in [0.3, 0.4) is 0 Å². The van der Waals surface area contributed by atoms with Gasteiger partial charge in [0.25, 0.3) is 0 Å². The van der Waals surface area contributed by atoms with Gasteiger partial charge in [0.15, 0.2) is 0 Å². The van der Waals surface area contributed by atoms with Crippen LogP contribution < -0.4 is 5.59 Å². The lowest BCUT2D eigenvalue weighted by Crippen LogP contribution is -2.30. The minimum atomic E-state index is -1.60. The molecule has 0 atom stereocenters. The largest absolute Gasteiger partial charge is 0.511 e. The number of nitrogens with zero attached hydrogens (tertiary/aromatic N) is 4. The number of hydrogen-bond donors (Lipinski definition) is 2. The van der Waals surface area contributed by atoms with Crippen molar-refractivity contribution in [1.82, 2.24) is 20.0 Å². The van der Waals surface area contributed by atoms with Gasteiger partial charge in [-0.25, -0.2) is 4.68 Å². The summed E-state index contributed by atoms with van der Waals surface area (Å²) in [5.74, 6) is 0. The van der Waals surface area contributed by atoms with Crippen molar-refractivity contribution in [1.29, 1.82) is 0 Å². The zero-order valence-corrected chi connectivity index (χ0v) is 7.15. The van der Waals surface area contributed by atoms with E-state index >= 15 is 0 Å². The van der Waals surface area contributed by atoms with Crippen LogP contribution in [0.2, 0.25) is 0 Å². The Morgan fingerprint density at radius 2 is 2.21 bits per heavy atom. The number of hydrogen-bond acceptors (Lipinski definition) is 5. The van der Waals surface area contributed by atoms with Gasteiger partial charge in [-0.05, 0) is 12.1 Å². The van der Waals surface area contributed by atoms with Crippen LogP contribution in [-0.2, 0) is 0 Å². The predicted octanol–water partition coefficient (Wildman–Crippen LogP) is -1.66. The van der Waals surface area contributed by atoms with Crippen molar-refractivity contribution in [3.05, 3.63) is 30.7 Å². The number of rotatable bonds is 2. The first-order valence-corrected chi connectivity index (χ1v) is 3.96. The van der Waals surface area contributed by atoms with Gasteiger partial charge < -0.3 is 10.0 Å². The van der Waals surface area contributed by atoms with Crippen LogP contribution in [0, 0.1) is 0 Å². The van der Waals surface area contributed by atoms with Crippen molar-refractivity contribution in [3.63, 3.8) is 0 Å². The summed E-state index contributed by atoms with van der Waals surface area (Å²) in [7, 11) is -1.60. The molecule has 0 spiro atoms. The Balaban J connectivity index is 2.34. The molecule has 2 aromatic heterocycles. The standard InChI is InChI=1S/C7H7BN4O2/c13-8(14)7-5-12(11-10-7)6-2-1-3-9-4-6/h1-5,13-14H. The molecule has 0 saturated heterocycles. The molecule has 70 valence electrons. The summed E-state index contributed by atoms with van der Waals surface area (Å²) >= 11 is 0. The van der Waals surface area contributed by atoms with Gasteiger partial charge in [-0.1, -0.05) is 5.21 Å². The maximum absolute atomic E-state index is 8.81. The van der Waals surface area contributed by atoms with Crippen molar-refractivity contribution in [3.8, 4) is 5.69 Å². The lowest BCUT2D eigenvalue weighted by molar-refractivity contribution is 0.424. The lowest BCUT2D eigenvalue weighted by Gasteiger charge is -1.96. The van der Waals surface area contributed by atoms with Gasteiger partial charge in [-0.3, -0.25) is 4.98 Å². The molecule has 0 amide bonds. The molecule has 0 bridgehead atoms. The summed E-state index contributed by atoms with van der Waals surface area (Å²) < 4.78 is 1.42. The van der Waals surface area contributed by atoms with E-state index in [0.29, 0.717) is 5.69 Å². The highest BCUT2D eigenvalue weighted by Crippen LogP contribution is 1.99. The minimum Gasteiger partial charge on any atom is -0.422 e. The van der Waals surface area contributed by atoms with Gasteiger partial charge in [0, 0.05) is 6.20 Å². The molecule has 0 aromatic carbocycles. The first kappa shape index (κ1) is 8.85. The van der Waals surface area contributed by atoms with E-state index in [0.717, 1.165) is 0 Å². The van der Waals surface area contributed by atoms with Gasteiger partial charge in [0.1, 0.15) is 5.59 Å². The second-order valence-electron chi connectivity index (χ2n) is 2.67. The van der Waals surface area contributed by atoms with Gasteiger partial charge in [-0.15, -0.1) is 5.10 Å². The van der Waals surface area contributed by atoms with Crippen LogP contribution >= 0.6 is 0 Å². The third-order valence-corrected chi connectivity index (χ3v) is 1.69. The van der Waals surface area contributed by atoms with Gasteiger partial charge in [-0.2, -0.15) is 0 Å². The molecule has 2 rings (SSSR count). The van der Waals surface area contributed by atoms with Crippen LogP contribution in [0.4, 0.5) is 0 Å². The molecule has 7 heteroatoms. The molecular weight excluding hydrogens is 183 g/mol. The molecule has 14 heavy (non-hydrogen) atoms. The molecule has 0 fully saturated rings. The van der Waals surface area contributed by atoms with Crippen LogP contribution in [0.25, 0.3) is 5.69 Å². The summed E-state index contributed by atoms with van der Waals surface area (Å²) in [5.41, 5.74) is 0.820. The fourth-order valence-corrected chi connectivity index (χ4v) is 1.01. The molecule has 0 aliphatic carbocycles. The second kappa shape index (κ2) is 3.56. The zero-order chi connectivity index (χ0) is 9.97. The highest BCUT2D eigenvalue weighted by molar-refractivity contribution is 6.57. The van der Waals surface area contributed by atoms with Crippen LogP contribution in [0.15, 0.2) is 30.7 Å². The molecule has 0 saturated carbocycles. The first-order chi connectivity index (χ1) is 6.77. The maximum atomic E-state index is 8.81. The predicted molar refractivity (Wildman–Crippen MR) is 49.0 cm³/mol. The SMILES string of the molecule is OB(O)c1cn(-c2cccnc2)nn1. The molecule has 0 radical (unpaired) electrons. The molecule has 2 aromatic rings. The Hall–Kier alpha value is -1.73. The van der Waals surface area contributed by atoms with Crippen molar-refractivity contribution >= 4 is 12.7 Å². The molecule has 0 aliphatic heterocycles. The van der Waals surface area contributed by atoms with E-state index in [1.165, 1.54) is 10.9 Å². The molecule has 0 aliphatic rings. The summed E-state index contributed by atoms with van der Waals surface area (Å²) in [5, 5.41) is 24.9. The lowest BCUT2D eigenvalue weighted by atomic mass is 9.87. The monoisotopic (exact) mass is 190 g/mol. The van der Waals surface area contributed by atoms with Crippen molar-refractivity contribution < 1.29 is 10.0 Å². The normalized spacial score (nSPS) is 10.1. The second-order valence-corrected chi connectivity index (χ2v) is 2.67. The van der Waals surface area contributed by atoms with E-state index in [1.54, 1.807) is 24.5 Å². The third kappa shape index (κ3) is 1.63. The topological polar surface area (TPSA) is 84.1 Å². The summed E-state index contributed by atoms with van der Waals surface area (Å²) in [6.07, 6.45) is 4.67. The Bertz CT molecular complexity index is 417. The first-order valence-electron chi connectivity index (χ1n) is 3.96. The van der Waals surface area contributed by atoms with Crippen LogP contribution in [0.5, 0.6) is 0 Å². The summed E-state index contributed by atoms with van der Waals surface area (Å²) in [6.45, 7) is 0. The van der Waals surface area contributed by atoms with E-state index in [2.05, 4.69) is 15.3 Å². The highest BCUT2D eigenvalue weighted by Gasteiger charge is 2.15. The zero-order valence-electron chi connectivity index (χ0n) is 7.15. The number of pyridine rings is 1. The van der Waals surface area contributed by atoms with Gasteiger partial charge in [0.2, 0.25) is 0 Å². The Morgan fingerprint density at radius 3 is 2.79 bits per heavy atom. The molecular formula is C7H7BN4O2. The van der Waals surface area contributed by atoms with Crippen molar-refractivity contribution in [2.75, 3.05) is 0 Å². The Labute approximate surface area is 80.0 Å². The molecule has 6 nitrogen and oxygen atoms in total. The fraction of sp³-hybridized carbons (Fsp3) is 0. The van der Waals surface area contributed by atoms with Gasteiger partial charge >= 0.3 is 7.12 Å². The fourth-order valence-electron chi connectivity index (χ4n) is 1.01. The van der Waals surface area contributed by atoms with Crippen molar-refractivity contribution in [2.45, 2.75) is 0 Å². The van der Waals surface area contributed by atoms with Crippen molar-refractivity contribution in [2.24, 2.45) is 0 Å². The highest BCUT2D eigenvalue weighted by atomic mass is 16.4. The van der Waals surface area contributed by atoms with E-state index in [-0.39, 0.29) is 5.59 Å². The Kier molecular flexibility index (Phi) is 2.25. The van der Waals surface area contributed by atoms with E-state index in [1.807, 2.05) is 0 Å². The Morgan fingerprint density at radius 1 is 1.36 bits per heavy atom. The minimum absolute atomic E-state index is 0.105. The van der Waals surface area contributed by atoms with Gasteiger partial charge in [0.05, 0.1) is 18.1 Å². The van der Waals surface area contributed by atoms with E-state index in [4.69, 9.17) is 10.0 Å². The third-order valence-electron chi connectivity index (χ3n) is 1.69. The van der Waals surface area contributed by atoms with Crippen LogP contribution in [-0.4, -0.2) is 37.1 Å². The smallest absolute Gasteiger partial charge is 0.422 e. The van der Waals surface area contributed by atoms with E-state index < -0.39 is 7.12 Å². The molecule has 2 heterocycles. The summed E-state index contributed by atoms with van der Waals surface area (Å²) in [6, 6.07) is 3.54. The quantitative estimate of drug-likeness (QED) is 0.553. The van der Waals surface area contributed by atoms with Crippen LogP contribution in [0.1, 0.15) is 0 Å². The average Bonchev–Trinajstić information content (AvgIpc) is 2.68. The van der Waals surface area contributed by atoms with E-state index in [9.17, 15) is 0 Å².